The molecule has 1 aliphatic heterocycles. The molecule has 0 bridgehead atoms. The lowest BCUT2D eigenvalue weighted by Gasteiger charge is -2.16. The van der Waals surface area contributed by atoms with Crippen molar-refractivity contribution < 1.29 is 29.6 Å². The molecule has 1 aliphatic rings. The lowest BCUT2D eigenvalue weighted by molar-refractivity contribution is -0.0369. The predicted octanol–water partition coefficient (Wildman–Crippen LogP) is 0.100. The molecule has 4 atom stereocenters. The smallest absolute Gasteiger partial charge is 0.335 e. The molecule has 0 radical (unpaired) electrons. The minimum Gasteiger partial charge on any atom is -0.478 e. The van der Waals surface area contributed by atoms with Crippen molar-refractivity contribution in [2.24, 2.45) is 0 Å². The van der Waals surface area contributed by atoms with E-state index in [9.17, 15) is 24.6 Å². The number of aromatic carboxylic acids is 1. The Morgan fingerprint density at radius 3 is 2.70 bits per heavy atom. The van der Waals surface area contributed by atoms with Crippen LogP contribution < -0.4 is 5.56 Å². The molecular formula is C19H18N4O7. The number of fused-ring (bicyclic) bond motifs is 1. The maximum Gasteiger partial charge on any atom is 0.335 e. The van der Waals surface area contributed by atoms with Gasteiger partial charge in [-0.25, -0.2) is 14.8 Å². The Kier molecular flexibility index (Phi) is 5.16. The second-order valence-electron chi connectivity index (χ2n) is 6.95. The summed E-state index contributed by atoms with van der Waals surface area (Å²) in [6.45, 7) is 0. The van der Waals surface area contributed by atoms with Gasteiger partial charge in [-0.15, -0.1) is 0 Å². The van der Waals surface area contributed by atoms with Gasteiger partial charge >= 0.3 is 5.97 Å². The third kappa shape index (κ3) is 3.49. The van der Waals surface area contributed by atoms with Crippen molar-refractivity contribution in [1.82, 2.24) is 19.5 Å². The number of benzene rings is 1. The number of nitrogens with zero attached hydrogens (tertiary/aromatic N) is 3. The number of carboxylic acids is 1. The van der Waals surface area contributed by atoms with E-state index in [4.69, 9.17) is 9.84 Å². The summed E-state index contributed by atoms with van der Waals surface area (Å²) in [5, 5.41) is 29.8. The van der Waals surface area contributed by atoms with E-state index < -0.39 is 36.1 Å². The second kappa shape index (κ2) is 7.78. The van der Waals surface area contributed by atoms with Crippen LogP contribution in [0, 0.1) is 0 Å². The number of hydrogen-bond donors (Lipinski definition) is 4. The summed E-state index contributed by atoms with van der Waals surface area (Å²) < 4.78 is 7.11. The van der Waals surface area contributed by atoms with Crippen LogP contribution in [0.4, 0.5) is 0 Å². The van der Waals surface area contributed by atoms with Gasteiger partial charge in [0, 0.05) is 12.0 Å². The third-order valence-electron chi connectivity index (χ3n) is 5.06. The van der Waals surface area contributed by atoms with Crippen LogP contribution in [0.25, 0.3) is 11.2 Å². The van der Waals surface area contributed by atoms with Crippen LogP contribution in [-0.4, -0.2) is 64.9 Å². The Balaban J connectivity index is 1.48. The Labute approximate surface area is 168 Å². The summed E-state index contributed by atoms with van der Waals surface area (Å²) in [6.07, 6.45) is -1.91. The van der Waals surface area contributed by atoms with E-state index in [-0.39, 0.29) is 40.9 Å². The number of nitrogens with one attached hydrogen (secondary N) is 1. The van der Waals surface area contributed by atoms with Crippen LogP contribution in [0.15, 0.2) is 41.7 Å². The molecule has 2 aromatic heterocycles. The van der Waals surface area contributed by atoms with Crippen LogP contribution in [0.5, 0.6) is 0 Å². The number of aliphatic hydroxyl groups is 2. The van der Waals surface area contributed by atoms with E-state index in [1.807, 2.05) is 0 Å². The highest BCUT2D eigenvalue weighted by Crippen LogP contribution is 2.33. The number of Topliss-reactive ketones (excluding diaryl/α,β-unsaturated/α-hetero) is 1. The molecule has 4 rings (SSSR count). The SMILES string of the molecule is O=C(O)c1cccc(C(=O)CC[C@H]2O[C@@H](n3cnc4c(=O)[nH]cnc43)[C@@H](O)[C@@H]2O)c1. The molecule has 0 aliphatic carbocycles. The molecule has 1 fully saturated rings. The number of aliphatic hydroxyl groups excluding tert-OH is 2. The lowest BCUT2D eigenvalue weighted by atomic mass is 10.00. The summed E-state index contributed by atoms with van der Waals surface area (Å²) in [5.41, 5.74) is 0.0564. The Hall–Kier alpha value is -3.41. The molecule has 3 aromatic rings. The van der Waals surface area contributed by atoms with Gasteiger partial charge < -0.3 is 25.0 Å². The molecule has 1 saturated heterocycles. The van der Waals surface area contributed by atoms with Crippen LogP contribution in [0.1, 0.15) is 39.8 Å². The van der Waals surface area contributed by atoms with Crippen LogP contribution in [-0.2, 0) is 4.74 Å². The first kappa shape index (κ1) is 19.9. The Morgan fingerprint density at radius 1 is 1.17 bits per heavy atom. The quantitative estimate of drug-likeness (QED) is 0.409. The van der Waals surface area contributed by atoms with Gasteiger partial charge in [0.1, 0.15) is 12.2 Å². The molecule has 0 amide bonds. The second-order valence-corrected chi connectivity index (χ2v) is 6.95. The molecule has 3 heterocycles. The first-order valence-electron chi connectivity index (χ1n) is 9.15. The van der Waals surface area contributed by atoms with Crippen molar-refractivity contribution in [3.05, 3.63) is 58.4 Å². The van der Waals surface area contributed by atoms with Crippen molar-refractivity contribution in [3.63, 3.8) is 0 Å². The fourth-order valence-corrected chi connectivity index (χ4v) is 3.49. The maximum absolute atomic E-state index is 12.4. The molecule has 0 spiro atoms. The number of carbonyl (C=O) groups is 2. The van der Waals surface area contributed by atoms with Gasteiger partial charge in [-0.05, 0) is 18.6 Å². The number of ether oxygens (including phenoxy) is 1. The number of aromatic amines is 1. The first-order valence-corrected chi connectivity index (χ1v) is 9.15. The molecule has 11 heteroatoms. The van der Waals surface area contributed by atoms with Crippen molar-refractivity contribution in [2.45, 2.75) is 37.4 Å². The van der Waals surface area contributed by atoms with E-state index in [0.717, 1.165) is 0 Å². The monoisotopic (exact) mass is 414 g/mol. The zero-order valence-electron chi connectivity index (χ0n) is 15.5. The number of H-pyrrole nitrogens is 1. The zero-order valence-corrected chi connectivity index (χ0v) is 15.5. The van der Waals surface area contributed by atoms with Gasteiger partial charge in [-0.2, -0.15) is 0 Å². The van der Waals surface area contributed by atoms with Crippen LogP contribution >= 0.6 is 0 Å². The third-order valence-corrected chi connectivity index (χ3v) is 5.06. The highest BCUT2D eigenvalue weighted by atomic mass is 16.6. The van der Waals surface area contributed by atoms with Crippen LogP contribution in [0.2, 0.25) is 0 Å². The summed E-state index contributed by atoms with van der Waals surface area (Å²) in [4.78, 5) is 45.7. The fourth-order valence-electron chi connectivity index (χ4n) is 3.49. The number of hydrogen-bond acceptors (Lipinski definition) is 8. The molecule has 0 saturated carbocycles. The highest BCUT2D eigenvalue weighted by Gasteiger charge is 2.44. The summed E-state index contributed by atoms with van der Waals surface area (Å²) in [5.74, 6) is -1.45. The number of aromatic nitrogens is 4. The van der Waals surface area contributed by atoms with Crippen molar-refractivity contribution in [2.75, 3.05) is 0 Å². The van der Waals surface area contributed by atoms with Crippen molar-refractivity contribution >= 4 is 22.9 Å². The predicted molar refractivity (Wildman–Crippen MR) is 101 cm³/mol. The average Bonchev–Trinajstić information content (AvgIpc) is 3.29. The summed E-state index contributed by atoms with van der Waals surface area (Å²) in [7, 11) is 0. The zero-order chi connectivity index (χ0) is 21.4. The van der Waals surface area contributed by atoms with Gasteiger partial charge in [-0.3, -0.25) is 14.2 Å². The van der Waals surface area contributed by atoms with E-state index in [2.05, 4.69) is 15.0 Å². The molecule has 156 valence electrons. The molecular weight excluding hydrogens is 396 g/mol. The first-order chi connectivity index (χ1) is 14.4. The average molecular weight is 414 g/mol. The maximum atomic E-state index is 12.4. The molecule has 4 N–H and O–H groups in total. The van der Waals surface area contributed by atoms with E-state index in [1.165, 1.54) is 41.5 Å². The number of ketones is 1. The van der Waals surface area contributed by atoms with E-state index >= 15 is 0 Å². The van der Waals surface area contributed by atoms with Gasteiger partial charge in [0.05, 0.1) is 24.3 Å². The van der Waals surface area contributed by atoms with Crippen molar-refractivity contribution in [1.29, 1.82) is 0 Å². The standard InChI is InChI=1S/C19H18N4O7/c24-11(9-2-1-3-10(6-9)19(28)29)4-5-12-14(25)15(26)18(30-12)23-8-22-13-16(23)20-7-21-17(13)27/h1-3,6-8,12,14-15,18,25-26H,4-5H2,(H,28,29)(H,20,21,27)/t12-,14-,15+,18-/m1/s1. The fraction of sp³-hybridized carbons (Fsp3) is 0.316. The normalized spacial score (nSPS) is 23.7. The van der Waals surface area contributed by atoms with Crippen molar-refractivity contribution in [3.8, 4) is 0 Å². The number of rotatable bonds is 6. The molecule has 1 aromatic carbocycles. The topological polar surface area (TPSA) is 168 Å². The number of carboxylic acid groups (broad SMARTS) is 1. The summed E-state index contributed by atoms with van der Waals surface area (Å²) in [6, 6.07) is 5.67. The Morgan fingerprint density at radius 2 is 1.93 bits per heavy atom. The highest BCUT2D eigenvalue weighted by molar-refractivity contribution is 5.98. The molecule has 30 heavy (non-hydrogen) atoms. The molecule has 11 nitrogen and oxygen atoms in total. The minimum absolute atomic E-state index is 0.00274. The summed E-state index contributed by atoms with van der Waals surface area (Å²) >= 11 is 0. The van der Waals surface area contributed by atoms with E-state index in [1.54, 1.807) is 0 Å². The van der Waals surface area contributed by atoms with Gasteiger partial charge in [0.25, 0.3) is 5.56 Å². The molecule has 0 unspecified atom stereocenters. The minimum atomic E-state index is -1.32. The van der Waals surface area contributed by atoms with Gasteiger partial charge in [-0.1, -0.05) is 12.1 Å². The van der Waals surface area contributed by atoms with Crippen LogP contribution in [0.3, 0.4) is 0 Å². The van der Waals surface area contributed by atoms with Gasteiger partial charge in [0.15, 0.2) is 23.2 Å². The van der Waals surface area contributed by atoms with E-state index in [0.29, 0.717) is 0 Å². The number of carbonyl (C=O) groups excluding carboxylic acids is 1. The largest absolute Gasteiger partial charge is 0.478 e. The van der Waals surface area contributed by atoms with Gasteiger partial charge in [0.2, 0.25) is 0 Å². The lowest BCUT2D eigenvalue weighted by Crippen LogP contribution is -2.31. The number of imidazole rings is 1. The Bertz CT molecular complexity index is 1170.